The number of amides is 1. The minimum Gasteiger partial charge on any atom is -0.507 e. The van der Waals surface area contributed by atoms with Crippen molar-refractivity contribution in [2.75, 3.05) is 12.4 Å². The third-order valence-electron chi connectivity index (χ3n) is 5.65. The summed E-state index contributed by atoms with van der Waals surface area (Å²) < 4.78 is 5.14. The fraction of sp³-hybridized carbons (Fsp3) is 0.0800. The molecule has 0 saturated carbocycles. The number of phenols is 1. The number of phenolic OH excluding ortho intramolecular Hbond substituents is 1. The molecule has 4 aromatic carbocycles. The van der Waals surface area contributed by atoms with Gasteiger partial charge in [-0.05, 0) is 60.8 Å². The van der Waals surface area contributed by atoms with E-state index < -0.39 is 0 Å². The molecular weight excluding hydrogens is 412 g/mol. The van der Waals surface area contributed by atoms with E-state index >= 15 is 0 Å². The Labute approximate surface area is 183 Å². The van der Waals surface area contributed by atoms with Crippen LogP contribution in [0.2, 0.25) is 5.02 Å². The number of hydrogen-bond donors (Lipinski definition) is 3. The number of methoxy groups -OCH3 is 1. The van der Waals surface area contributed by atoms with Crippen molar-refractivity contribution in [2.24, 2.45) is 0 Å². The summed E-state index contributed by atoms with van der Waals surface area (Å²) in [6.45, 7) is 1.82. The molecule has 0 aliphatic rings. The van der Waals surface area contributed by atoms with Crippen molar-refractivity contribution in [2.45, 2.75) is 6.92 Å². The fourth-order valence-electron chi connectivity index (χ4n) is 4.07. The highest BCUT2D eigenvalue weighted by molar-refractivity contribution is 6.32. The fourth-order valence-corrected chi connectivity index (χ4v) is 4.24. The molecule has 1 heterocycles. The number of fused-ring (bicyclic) bond motifs is 5. The number of hydrogen-bond acceptors (Lipinski definition) is 3. The van der Waals surface area contributed by atoms with Crippen LogP contribution in [0.3, 0.4) is 0 Å². The second kappa shape index (κ2) is 7.22. The number of aromatic amines is 1. The summed E-state index contributed by atoms with van der Waals surface area (Å²) in [7, 11) is 1.59. The molecule has 6 heteroatoms. The number of aromatic hydroxyl groups is 1. The van der Waals surface area contributed by atoms with Gasteiger partial charge in [-0.15, -0.1) is 0 Å². The van der Waals surface area contributed by atoms with Gasteiger partial charge in [0.2, 0.25) is 0 Å². The summed E-state index contributed by atoms with van der Waals surface area (Å²) in [5.41, 5.74) is 3.35. The predicted octanol–water partition coefficient (Wildman–Crippen LogP) is 6.40. The first kappa shape index (κ1) is 19.3. The zero-order valence-electron chi connectivity index (χ0n) is 16.9. The Morgan fingerprint density at radius 3 is 2.55 bits per heavy atom. The number of aromatic nitrogens is 1. The highest BCUT2D eigenvalue weighted by Gasteiger charge is 2.19. The van der Waals surface area contributed by atoms with Gasteiger partial charge in [-0.1, -0.05) is 23.7 Å². The van der Waals surface area contributed by atoms with Crippen LogP contribution < -0.4 is 10.1 Å². The summed E-state index contributed by atoms with van der Waals surface area (Å²) in [5.74, 6) is 0.282. The van der Waals surface area contributed by atoms with Gasteiger partial charge in [-0.2, -0.15) is 0 Å². The van der Waals surface area contributed by atoms with Gasteiger partial charge in [0.1, 0.15) is 11.5 Å². The number of aryl methyl sites for hydroxylation is 1. The van der Waals surface area contributed by atoms with E-state index in [1.807, 2.05) is 37.3 Å². The standard InChI is InChI=1S/C25H19ClN2O3/c1-13-22-14(3-9-18-19-12-15(26)4-10-21(19)28-23(18)22)11-20(24(13)29)25(30)27-16-5-7-17(31-2)8-6-16/h3-12,28-29H,1-2H3,(H,27,30). The number of nitrogens with one attached hydrogen (secondary N) is 2. The maximum atomic E-state index is 12.9. The SMILES string of the molecule is COc1ccc(NC(=O)c2cc3ccc4c5cc(Cl)ccc5[nH]c4c3c(C)c2O)cc1. The molecule has 1 aromatic heterocycles. The van der Waals surface area contributed by atoms with Gasteiger partial charge in [0.15, 0.2) is 0 Å². The van der Waals surface area contributed by atoms with Crippen molar-refractivity contribution in [3.63, 3.8) is 0 Å². The molecule has 0 bridgehead atoms. The number of ether oxygens (including phenoxy) is 1. The van der Waals surface area contributed by atoms with E-state index in [0.29, 0.717) is 22.0 Å². The van der Waals surface area contributed by atoms with Crippen LogP contribution in [0.15, 0.2) is 60.7 Å². The van der Waals surface area contributed by atoms with E-state index in [9.17, 15) is 9.90 Å². The average molecular weight is 431 g/mol. The van der Waals surface area contributed by atoms with Crippen molar-refractivity contribution >= 4 is 55.8 Å². The smallest absolute Gasteiger partial charge is 0.259 e. The van der Waals surface area contributed by atoms with Gasteiger partial charge in [0.05, 0.1) is 18.2 Å². The van der Waals surface area contributed by atoms with Crippen LogP contribution in [-0.4, -0.2) is 23.1 Å². The van der Waals surface area contributed by atoms with E-state index in [1.165, 1.54) is 0 Å². The molecule has 0 spiro atoms. The highest BCUT2D eigenvalue weighted by atomic mass is 35.5. The molecule has 5 rings (SSSR count). The molecule has 0 fully saturated rings. The van der Waals surface area contributed by atoms with Crippen molar-refractivity contribution in [3.8, 4) is 11.5 Å². The topological polar surface area (TPSA) is 74.3 Å². The number of carbonyl (C=O) groups is 1. The Morgan fingerprint density at radius 2 is 1.81 bits per heavy atom. The number of carbonyl (C=O) groups excluding carboxylic acids is 1. The van der Waals surface area contributed by atoms with E-state index in [2.05, 4.69) is 10.3 Å². The van der Waals surface area contributed by atoms with Crippen LogP contribution in [-0.2, 0) is 0 Å². The van der Waals surface area contributed by atoms with Gasteiger partial charge in [0, 0.05) is 37.9 Å². The van der Waals surface area contributed by atoms with Gasteiger partial charge in [0.25, 0.3) is 5.91 Å². The van der Waals surface area contributed by atoms with Crippen molar-refractivity contribution in [3.05, 3.63) is 76.8 Å². The van der Waals surface area contributed by atoms with E-state index in [4.69, 9.17) is 16.3 Å². The normalized spacial score (nSPS) is 11.3. The Hall–Kier alpha value is -3.70. The van der Waals surface area contributed by atoms with Crippen LogP contribution >= 0.6 is 11.6 Å². The molecule has 5 nitrogen and oxygen atoms in total. The molecule has 154 valence electrons. The lowest BCUT2D eigenvalue weighted by Gasteiger charge is -2.12. The first-order valence-electron chi connectivity index (χ1n) is 9.78. The third kappa shape index (κ3) is 3.14. The Kier molecular flexibility index (Phi) is 4.49. The number of anilines is 1. The molecule has 0 atom stereocenters. The molecule has 0 aliphatic carbocycles. The number of benzene rings is 4. The molecule has 5 aromatic rings. The van der Waals surface area contributed by atoms with E-state index in [0.717, 1.165) is 32.6 Å². The second-order valence-electron chi connectivity index (χ2n) is 7.48. The molecule has 0 saturated heterocycles. The molecular formula is C25H19ClN2O3. The number of H-pyrrole nitrogens is 1. The van der Waals surface area contributed by atoms with E-state index in [-0.39, 0.29) is 17.2 Å². The maximum absolute atomic E-state index is 12.9. The summed E-state index contributed by atoms with van der Waals surface area (Å²) in [5, 5.41) is 18.2. The monoisotopic (exact) mass is 430 g/mol. The maximum Gasteiger partial charge on any atom is 0.259 e. The van der Waals surface area contributed by atoms with E-state index in [1.54, 1.807) is 37.4 Å². The quantitative estimate of drug-likeness (QED) is 0.310. The molecule has 1 amide bonds. The molecule has 0 radical (unpaired) electrons. The molecule has 0 unspecified atom stereocenters. The summed E-state index contributed by atoms with van der Waals surface area (Å²) in [4.78, 5) is 16.3. The van der Waals surface area contributed by atoms with Gasteiger partial charge in [-0.3, -0.25) is 4.79 Å². The lowest BCUT2D eigenvalue weighted by molar-refractivity contribution is 0.102. The highest BCUT2D eigenvalue weighted by Crippen LogP contribution is 2.38. The van der Waals surface area contributed by atoms with Crippen molar-refractivity contribution in [1.82, 2.24) is 4.98 Å². The van der Waals surface area contributed by atoms with Crippen LogP contribution in [0.5, 0.6) is 11.5 Å². The Bertz CT molecular complexity index is 1490. The van der Waals surface area contributed by atoms with Crippen LogP contribution in [0.25, 0.3) is 32.6 Å². The summed E-state index contributed by atoms with van der Waals surface area (Å²) >= 11 is 6.18. The Balaban J connectivity index is 1.63. The second-order valence-corrected chi connectivity index (χ2v) is 7.92. The summed E-state index contributed by atoms with van der Waals surface area (Å²) in [6.07, 6.45) is 0. The van der Waals surface area contributed by atoms with Gasteiger partial charge < -0.3 is 20.1 Å². The zero-order chi connectivity index (χ0) is 21.7. The zero-order valence-corrected chi connectivity index (χ0v) is 17.7. The minimum absolute atomic E-state index is 0.0392. The van der Waals surface area contributed by atoms with Crippen LogP contribution in [0, 0.1) is 6.92 Å². The van der Waals surface area contributed by atoms with Crippen molar-refractivity contribution < 1.29 is 14.6 Å². The predicted molar refractivity (Wildman–Crippen MR) is 126 cm³/mol. The minimum atomic E-state index is -0.379. The third-order valence-corrected chi connectivity index (χ3v) is 5.88. The van der Waals surface area contributed by atoms with Crippen molar-refractivity contribution in [1.29, 1.82) is 0 Å². The lowest BCUT2D eigenvalue weighted by Crippen LogP contribution is -2.12. The van der Waals surface area contributed by atoms with Gasteiger partial charge >= 0.3 is 0 Å². The van der Waals surface area contributed by atoms with Gasteiger partial charge in [-0.25, -0.2) is 0 Å². The Morgan fingerprint density at radius 1 is 1.03 bits per heavy atom. The summed E-state index contributed by atoms with van der Waals surface area (Å²) in [6, 6.07) is 18.4. The molecule has 3 N–H and O–H groups in total. The number of rotatable bonds is 3. The average Bonchev–Trinajstić information content (AvgIpc) is 3.14. The number of halogens is 1. The van der Waals surface area contributed by atoms with Crippen LogP contribution in [0.4, 0.5) is 5.69 Å². The lowest BCUT2D eigenvalue weighted by atomic mass is 9.97. The van der Waals surface area contributed by atoms with Crippen LogP contribution in [0.1, 0.15) is 15.9 Å². The first-order chi connectivity index (χ1) is 15.0. The molecule has 31 heavy (non-hydrogen) atoms. The first-order valence-corrected chi connectivity index (χ1v) is 10.2. The largest absolute Gasteiger partial charge is 0.507 e. The molecule has 0 aliphatic heterocycles.